The van der Waals surface area contributed by atoms with Gasteiger partial charge in [0.1, 0.15) is 5.69 Å². The second-order valence-electron chi connectivity index (χ2n) is 7.69. The highest BCUT2D eigenvalue weighted by Crippen LogP contribution is 2.64. The number of benzene rings is 1. The van der Waals surface area contributed by atoms with Crippen molar-refractivity contribution >= 4 is 22.7 Å². The Morgan fingerprint density at radius 2 is 2.08 bits per heavy atom. The zero-order valence-corrected chi connectivity index (χ0v) is 14.3. The molecule has 24 heavy (non-hydrogen) atoms. The molecule has 3 atom stereocenters. The first-order chi connectivity index (χ1) is 11.4. The number of fused-ring (bicyclic) bond motifs is 2. The van der Waals surface area contributed by atoms with E-state index in [1.807, 2.05) is 35.2 Å². The normalized spacial score (nSPS) is 27.1. The molecular formula is C19H23N3O2. The molecule has 2 aromatic rings. The Kier molecular flexibility index (Phi) is 3.24. The van der Waals surface area contributed by atoms with Gasteiger partial charge in [0, 0.05) is 23.5 Å². The second kappa shape index (κ2) is 5.10. The molecule has 2 fully saturated rings. The van der Waals surface area contributed by atoms with Crippen LogP contribution in [-0.2, 0) is 4.79 Å². The number of para-hydroxylation sites is 1. The summed E-state index contributed by atoms with van der Waals surface area (Å²) in [5.41, 5.74) is 1.77. The lowest BCUT2D eigenvalue weighted by Gasteiger charge is -2.28. The molecule has 2 heterocycles. The number of nitrogens with zero attached hydrogens (tertiary/aromatic N) is 1. The number of H-pyrrole nitrogens is 1. The molecule has 0 spiro atoms. The Balaban J connectivity index is 1.37. The van der Waals surface area contributed by atoms with Crippen molar-refractivity contribution in [3.63, 3.8) is 0 Å². The smallest absolute Gasteiger partial charge is 0.268 e. The van der Waals surface area contributed by atoms with Crippen molar-refractivity contribution in [2.75, 3.05) is 13.1 Å². The molecule has 0 bridgehead atoms. The first-order valence-electron chi connectivity index (χ1n) is 8.55. The molecule has 1 saturated heterocycles. The predicted molar refractivity (Wildman–Crippen MR) is 92.6 cm³/mol. The van der Waals surface area contributed by atoms with Gasteiger partial charge in [-0.25, -0.2) is 0 Å². The number of aromatic amines is 1. The largest absolute Gasteiger partial charge is 0.351 e. The molecule has 1 saturated carbocycles. The SMILES string of the molecule is C[C@@H]1C2[C@H](CN1C(=O)CNC(=O)c1cc3ccccc3[nH]1)C2(C)C. The number of aromatic nitrogens is 1. The van der Waals surface area contributed by atoms with Crippen LogP contribution in [0, 0.1) is 17.3 Å². The van der Waals surface area contributed by atoms with Crippen molar-refractivity contribution in [3.05, 3.63) is 36.0 Å². The third-order valence-electron chi connectivity index (χ3n) is 6.04. The molecule has 4 rings (SSSR count). The van der Waals surface area contributed by atoms with Gasteiger partial charge in [0.15, 0.2) is 0 Å². The molecule has 1 aliphatic carbocycles. The molecule has 1 unspecified atom stereocenters. The molecule has 1 aliphatic heterocycles. The van der Waals surface area contributed by atoms with E-state index in [-0.39, 0.29) is 24.4 Å². The van der Waals surface area contributed by atoms with Gasteiger partial charge in [-0.3, -0.25) is 9.59 Å². The maximum absolute atomic E-state index is 12.4. The van der Waals surface area contributed by atoms with E-state index in [1.165, 1.54) is 0 Å². The third-order valence-corrected chi connectivity index (χ3v) is 6.04. The van der Waals surface area contributed by atoms with Crippen LogP contribution in [0.2, 0.25) is 0 Å². The maximum atomic E-state index is 12.4. The predicted octanol–water partition coefficient (Wildman–Crippen LogP) is 2.40. The summed E-state index contributed by atoms with van der Waals surface area (Å²) in [7, 11) is 0. The highest BCUT2D eigenvalue weighted by Gasteiger charge is 2.65. The van der Waals surface area contributed by atoms with Crippen LogP contribution in [0.5, 0.6) is 0 Å². The van der Waals surface area contributed by atoms with Gasteiger partial charge in [-0.15, -0.1) is 0 Å². The number of piperidine rings is 1. The van der Waals surface area contributed by atoms with Crippen LogP contribution in [-0.4, -0.2) is 40.8 Å². The van der Waals surface area contributed by atoms with Gasteiger partial charge in [-0.1, -0.05) is 32.0 Å². The quantitative estimate of drug-likeness (QED) is 0.910. The fraction of sp³-hybridized carbons (Fsp3) is 0.474. The zero-order chi connectivity index (χ0) is 17.1. The van der Waals surface area contributed by atoms with Gasteiger partial charge >= 0.3 is 0 Å². The number of carbonyl (C=O) groups is 2. The minimum atomic E-state index is -0.239. The summed E-state index contributed by atoms with van der Waals surface area (Å²) in [6, 6.07) is 9.81. The first kappa shape index (κ1) is 15.2. The summed E-state index contributed by atoms with van der Waals surface area (Å²) in [5, 5.41) is 3.74. The summed E-state index contributed by atoms with van der Waals surface area (Å²) in [6.45, 7) is 7.55. The van der Waals surface area contributed by atoms with E-state index in [1.54, 1.807) is 0 Å². The molecule has 1 aromatic heterocycles. The zero-order valence-electron chi connectivity index (χ0n) is 14.3. The van der Waals surface area contributed by atoms with Gasteiger partial charge in [0.05, 0.1) is 6.54 Å². The van der Waals surface area contributed by atoms with Crippen LogP contribution in [0.1, 0.15) is 31.3 Å². The van der Waals surface area contributed by atoms with Crippen LogP contribution in [0.3, 0.4) is 0 Å². The van der Waals surface area contributed by atoms with Crippen molar-refractivity contribution in [2.45, 2.75) is 26.8 Å². The molecule has 5 heteroatoms. The molecule has 126 valence electrons. The van der Waals surface area contributed by atoms with Gasteiger partial charge < -0.3 is 15.2 Å². The van der Waals surface area contributed by atoms with Crippen molar-refractivity contribution in [2.24, 2.45) is 17.3 Å². The average Bonchev–Trinajstić information content (AvgIpc) is 2.91. The van der Waals surface area contributed by atoms with Gasteiger partial charge in [-0.05, 0) is 36.3 Å². The van der Waals surface area contributed by atoms with Crippen LogP contribution in [0.4, 0.5) is 0 Å². The lowest BCUT2D eigenvalue weighted by molar-refractivity contribution is -0.131. The Bertz CT molecular complexity index is 790. The van der Waals surface area contributed by atoms with Crippen molar-refractivity contribution in [3.8, 4) is 0 Å². The van der Waals surface area contributed by atoms with E-state index >= 15 is 0 Å². The lowest BCUT2D eigenvalue weighted by Crippen LogP contribution is -2.44. The Hall–Kier alpha value is -2.30. The van der Waals surface area contributed by atoms with Gasteiger partial charge in [-0.2, -0.15) is 0 Å². The summed E-state index contributed by atoms with van der Waals surface area (Å²) in [6.07, 6.45) is 0. The average molecular weight is 325 g/mol. The first-order valence-corrected chi connectivity index (χ1v) is 8.55. The van der Waals surface area contributed by atoms with Crippen LogP contribution >= 0.6 is 0 Å². The third kappa shape index (κ3) is 2.22. The van der Waals surface area contributed by atoms with Crippen molar-refractivity contribution in [1.82, 2.24) is 15.2 Å². The number of amides is 2. The van der Waals surface area contributed by atoms with Crippen LogP contribution in [0.25, 0.3) is 10.9 Å². The molecule has 2 amide bonds. The molecule has 2 N–H and O–H groups in total. The fourth-order valence-electron chi connectivity index (χ4n) is 4.54. The van der Waals surface area contributed by atoms with Crippen molar-refractivity contribution < 1.29 is 9.59 Å². The molecular weight excluding hydrogens is 302 g/mol. The van der Waals surface area contributed by atoms with E-state index in [2.05, 4.69) is 31.1 Å². The van der Waals surface area contributed by atoms with E-state index in [0.29, 0.717) is 22.9 Å². The standard InChI is InChI=1S/C19H23N3O2/c1-11-17-13(19(17,2)3)10-22(11)16(23)9-20-18(24)15-8-12-6-4-5-7-14(12)21-15/h4-8,11,13,17,21H,9-10H2,1-3H3,(H,20,24)/t11-,13+,17?/m1/s1. The lowest BCUT2D eigenvalue weighted by atomic mass is 10.0. The second-order valence-corrected chi connectivity index (χ2v) is 7.69. The number of rotatable bonds is 3. The molecule has 1 aromatic carbocycles. The minimum absolute atomic E-state index is 0.00922. The summed E-state index contributed by atoms with van der Waals surface area (Å²) < 4.78 is 0. The van der Waals surface area contributed by atoms with Gasteiger partial charge in [0.2, 0.25) is 5.91 Å². The number of hydrogen-bond donors (Lipinski definition) is 2. The van der Waals surface area contributed by atoms with Crippen LogP contribution < -0.4 is 5.32 Å². The highest BCUT2D eigenvalue weighted by atomic mass is 16.2. The van der Waals surface area contributed by atoms with Crippen molar-refractivity contribution in [1.29, 1.82) is 0 Å². The fourth-order valence-corrected chi connectivity index (χ4v) is 4.54. The van der Waals surface area contributed by atoms with E-state index in [0.717, 1.165) is 17.4 Å². The highest BCUT2D eigenvalue weighted by molar-refractivity contribution is 5.99. The monoisotopic (exact) mass is 325 g/mol. The number of likely N-dealkylation sites (tertiary alicyclic amines) is 1. The summed E-state index contributed by atoms with van der Waals surface area (Å²) in [5.74, 6) is 0.985. The van der Waals surface area contributed by atoms with Crippen LogP contribution in [0.15, 0.2) is 30.3 Å². The Morgan fingerprint density at radius 1 is 1.33 bits per heavy atom. The number of nitrogens with one attached hydrogen (secondary N) is 2. The summed E-state index contributed by atoms with van der Waals surface area (Å²) in [4.78, 5) is 29.7. The molecule has 0 radical (unpaired) electrons. The van der Waals surface area contributed by atoms with E-state index in [4.69, 9.17) is 0 Å². The van der Waals surface area contributed by atoms with E-state index in [9.17, 15) is 9.59 Å². The Labute approximate surface area is 141 Å². The molecule has 5 nitrogen and oxygen atoms in total. The number of hydrogen-bond acceptors (Lipinski definition) is 2. The van der Waals surface area contributed by atoms with Gasteiger partial charge in [0.25, 0.3) is 5.91 Å². The maximum Gasteiger partial charge on any atom is 0.268 e. The topological polar surface area (TPSA) is 65.2 Å². The number of carbonyl (C=O) groups excluding carboxylic acids is 2. The Morgan fingerprint density at radius 3 is 2.75 bits per heavy atom. The van der Waals surface area contributed by atoms with E-state index < -0.39 is 0 Å². The minimum Gasteiger partial charge on any atom is -0.351 e. The summed E-state index contributed by atoms with van der Waals surface area (Å²) >= 11 is 0. The molecule has 2 aliphatic rings.